The Kier molecular flexibility index (Phi) is 3.35. The molecule has 1 fully saturated rings. The Labute approximate surface area is 166 Å². The van der Waals surface area contributed by atoms with E-state index in [0.717, 1.165) is 33.5 Å². The first-order chi connectivity index (χ1) is 14.2. The summed E-state index contributed by atoms with van der Waals surface area (Å²) >= 11 is 0. The molecule has 5 aromatic rings. The summed E-state index contributed by atoms with van der Waals surface area (Å²) in [6.07, 6.45) is 8.13. The molecule has 0 radical (unpaired) electrons. The number of pyridine rings is 2. The summed E-state index contributed by atoms with van der Waals surface area (Å²) in [5.74, 6) is 1.16. The number of hydrogen-bond donors (Lipinski definition) is 1. The van der Waals surface area contributed by atoms with Crippen molar-refractivity contribution in [1.82, 2.24) is 34.5 Å². The number of nitrogens with one attached hydrogen (secondary N) is 1. The summed E-state index contributed by atoms with van der Waals surface area (Å²) in [6, 6.07) is 7.95. The van der Waals surface area contributed by atoms with Crippen LogP contribution in [0.25, 0.3) is 44.8 Å². The lowest BCUT2D eigenvalue weighted by Crippen LogP contribution is -1.97. The molecule has 0 aliphatic heterocycles. The van der Waals surface area contributed by atoms with Crippen molar-refractivity contribution >= 4 is 22.1 Å². The summed E-state index contributed by atoms with van der Waals surface area (Å²) in [7, 11) is 2.07. The van der Waals surface area contributed by atoms with Crippen molar-refractivity contribution in [1.29, 1.82) is 0 Å². The second-order valence-corrected chi connectivity index (χ2v) is 7.68. The summed E-state index contributed by atoms with van der Waals surface area (Å²) < 4.78 is 2.16. The first kappa shape index (κ1) is 16.4. The van der Waals surface area contributed by atoms with Crippen molar-refractivity contribution in [3.8, 4) is 22.8 Å². The third-order valence-corrected chi connectivity index (χ3v) is 5.53. The standard InChI is InChI=1S/C22H19N7/c1-12-4-3-5-16(26-12)21-27-18(19-22(28-21)25-11-24-19)15-10-29(2)20-14(15)8-9-23-17(20)13-6-7-13/h3-5,8-11,13H,6-7H2,1-2H3,(H,24,25,27,28). The van der Waals surface area contributed by atoms with E-state index < -0.39 is 0 Å². The number of rotatable bonds is 3. The minimum atomic E-state index is 0.572. The SMILES string of the molecule is Cc1cccc(-c2nc(-c3cn(C)c4c(C5CC5)nccc34)c3nc[nH]c3n2)n1. The number of aryl methyl sites for hydroxylation is 2. The Morgan fingerprint density at radius 1 is 1.07 bits per heavy atom. The van der Waals surface area contributed by atoms with Crippen LogP contribution in [0.4, 0.5) is 0 Å². The number of imidazole rings is 1. The van der Waals surface area contributed by atoms with Gasteiger partial charge in [-0.05, 0) is 38.0 Å². The van der Waals surface area contributed by atoms with Crippen LogP contribution in [-0.2, 0) is 7.05 Å². The zero-order valence-corrected chi connectivity index (χ0v) is 16.2. The number of fused-ring (bicyclic) bond motifs is 2. The summed E-state index contributed by atoms with van der Waals surface area (Å²) in [6.45, 7) is 1.97. The number of nitrogens with zero attached hydrogens (tertiary/aromatic N) is 6. The Bertz CT molecular complexity index is 1390. The quantitative estimate of drug-likeness (QED) is 0.507. The number of aromatic nitrogens is 7. The molecule has 1 saturated carbocycles. The van der Waals surface area contributed by atoms with E-state index in [1.807, 2.05) is 31.3 Å². The number of hydrogen-bond acceptors (Lipinski definition) is 5. The molecule has 7 nitrogen and oxygen atoms in total. The van der Waals surface area contributed by atoms with Gasteiger partial charge in [-0.3, -0.25) is 4.98 Å². The molecule has 0 atom stereocenters. The fraction of sp³-hybridized carbons (Fsp3) is 0.227. The van der Waals surface area contributed by atoms with Gasteiger partial charge in [-0.2, -0.15) is 0 Å². The summed E-state index contributed by atoms with van der Waals surface area (Å²) in [4.78, 5) is 26.5. The third kappa shape index (κ3) is 2.54. The predicted molar refractivity (Wildman–Crippen MR) is 111 cm³/mol. The number of H-pyrrole nitrogens is 1. The maximum absolute atomic E-state index is 4.92. The molecule has 1 aliphatic carbocycles. The fourth-order valence-corrected chi connectivity index (χ4v) is 4.04. The summed E-state index contributed by atoms with van der Waals surface area (Å²) in [5, 5.41) is 1.15. The van der Waals surface area contributed by atoms with Crippen molar-refractivity contribution in [2.24, 2.45) is 7.05 Å². The molecule has 0 aromatic carbocycles. The smallest absolute Gasteiger partial charge is 0.180 e. The average molecular weight is 381 g/mol. The van der Waals surface area contributed by atoms with E-state index in [4.69, 9.17) is 4.98 Å². The monoisotopic (exact) mass is 381 g/mol. The van der Waals surface area contributed by atoms with E-state index in [0.29, 0.717) is 17.4 Å². The van der Waals surface area contributed by atoms with Gasteiger partial charge in [0.1, 0.15) is 16.9 Å². The van der Waals surface area contributed by atoms with Gasteiger partial charge in [0.25, 0.3) is 0 Å². The first-order valence-electron chi connectivity index (χ1n) is 9.78. The van der Waals surface area contributed by atoms with Gasteiger partial charge in [0.2, 0.25) is 0 Å². The van der Waals surface area contributed by atoms with Gasteiger partial charge in [-0.1, -0.05) is 6.07 Å². The normalized spacial score (nSPS) is 14.1. The molecule has 1 aliphatic rings. The van der Waals surface area contributed by atoms with Gasteiger partial charge >= 0.3 is 0 Å². The van der Waals surface area contributed by atoms with Crippen LogP contribution in [0.1, 0.15) is 30.1 Å². The van der Waals surface area contributed by atoms with Crippen LogP contribution in [0.15, 0.2) is 43.0 Å². The van der Waals surface area contributed by atoms with Crippen LogP contribution in [0.3, 0.4) is 0 Å². The molecule has 29 heavy (non-hydrogen) atoms. The highest BCUT2D eigenvalue weighted by molar-refractivity contribution is 6.02. The minimum Gasteiger partial charge on any atom is -0.348 e. The van der Waals surface area contributed by atoms with Crippen molar-refractivity contribution in [2.45, 2.75) is 25.7 Å². The maximum atomic E-state index is 4.92. The molecule has 7 heteroatoms. The summed E-state index contributed by atoms with van der Waals surface area (Å²) in [5.41, 5.74) is 7.38. The van der Waals surface area contributed by atoms with Crippen LogP contribution >= 0.6 is 0 Å². The lowest BCUT2D eigenvalue weighted by molar-refractivity contribution is 0.934. The zero-order valence-electron chi connectivity index (χ0n) is 16.2. The molecule has 0 unspecified atom stereocenters. The molecule has 5 aromatic heterocycles. The third-order valence-electron chi connectivity index (χ3n) is 5.53. The van der Waals surface area contributed by atoms with Crippen LogP contribution in [0.2, 0.25) is 0 Å². The second kappa shape index (κ2) is 5.94. The van der Waals surface area contributed by atoms with Crippen molar-refractivity contribution in [3.63, 3.8) is 0 Å². The van der Waals surface area contributed by atoms with Gasteiger partial charge < -0.3 is 9.55 Å². The van der Waals surface area contributed by atoms with Crippen molar-refractivity contribution in [2.75, 3.05) is 0 Å². The van der Waals surface area contributed by atoms with Crippen LogP contribution in [0.5, 0.6) is 0 Å². The second-order valence-electron chi connectivity index (χ2n) is 7.68. The maximum Gasteiger partial charge on any atom is 0.180 e. The van der Waals surface area contributed by atoms with Gasteiger partial charge in [0, 0.05) is 42.0 Å². The van der Waals surface area contributed by atoms with Gasteiger partial charge in [0.15, 0.2) is 11.5 Å². The van der Waals surface area contributed by atoms with E-state index in [1.165, 1.54) is 24.1 Å². The fourth-order valence-electron chi connectivity index (χ4n) is 4.04. The molecule has 142 valence electrons. The largest absolute Gasteiger partial charge is 0.348 e. The van der Waals surface area contributed by atoms with Crippen LogP contribution in [0, 0.1) is 6.92 Å². The Hall–Kier alpha value is -3.61. The highest BCUT2D eigenvalue weighted by Crippen LogP contribution is 2.44. The average Bonchev–Trinajstić information content (AvgIpc) is 3.37. The van der Waals surface area contributed by atoms with E-state index in [1.54, 1.807) is 6.33 Å². The molecular weight excluding hydrogens is 362 g/mol. The molecule has 0 bridgehead atoms. The molecule has 0 spiro atoms. The van der Waals surface area contributed by atoms with Crippen molar-refractivity contribution in [3.05, 3.63) is 54.4 Å². The van der Waals surface area contributed by atoms with E-state index >= 15 is 0 Å². The molecule has 5 heterocycles. The van der Waals surface area contributed by atoms with E-state index in [9.17, 15) is 0 Å². The molecule has 6 rings (SSSR count). The molecule has 1 N–H and O–H groups in total. The van der Waals surface area contributed by atoms with Crippen LogP contribution < -0.4 is 0 Å². The van der Waals surface area contributed by atoms with E-state index in [-0.39, 0.29) is 0 Å². The van der Waals surface area contributed by atoms with Gasteiger partial charge in [-0.25, -0.2) is 19.9 Å². The highest BCUT2D eigenvalue weighted by Gasteiger charge is 2.29. The predicted octanol–water partition coefficient (Wildman–Crippen LogP) is 4.15. The van der Waals surface area contributed by atoms with Gasteiger partial charge in [-0.15, -0.1) is 0 Å². The topological polar surface area (TPSA) is 85.2 Å². The van der Waals surface area contributed by atoms with E-state index in [2.05, 4.69) is 48.8 Å². The molecular formula is C22H19N7. The van der Waals surface area contributed by atoms with Gasteiger partial charge in [0.05, 0.1) is 17.5 Å². The Morgan fingerprint density at radius 3 is 2.79 bits per heavy atom. The first-order valence-corrected chi connectivity index (χ1v) is 9.78. The lowest BCUT2D eigenvalue weighted by Gasteiger charge is -2.06. The van der Waals surface area contributed by atoms with Crippen molar-refractivity contribution < 1.29 is 0 Å². The molecule has 0 saturated heterocycles. The van der Waals surface area contributed by atoms with Crippen LogP contribution in [-0.4, -0.2) is 34.5 Å². The highest BCUT2D eigenvalue weighted by atomic mass is 15.0. The minimum absolute atomic E-state index is 0.572. The molecule has 0 amide bonds. The number of aromatic amines is 1. The lowest BCUT2D eigenvalue weighted by atomic mass is 10.1. The Balaban J connectivity index is 1.64. The zero-order chi connectivity index (χ0) is 19.5. The Morgan fingerprint density at radius 2 is 1.97 bits per heavy atom.